The smallest absolute Gasteiger partial charge is 0.190 e. The molecule has 6 fully saturated rings. The number of aryl methyl sites for hydroxylation is 1. The van der Waals surface area contributed by atoms with Gasteiger partial charge in [0, 0.05) is 5.41 Å². The third-order valence-corrected chi connectivity index (χ3v) is 14.6. The zero-order chi connectivity index (χ0) is 48.1. The van der Waals surface area contributed by atoms with E-state index in [1.807, 2.05) is 61.5 Å². The molecule has 6 heterocycles. The Labute approximate surface area is 404 Å². The Balaban J connectivity index is 1.00. The average Bonchev–Trinajstić information content (AvgIpc) is 4.13. The van der Waals surface area contributed by atoms with E-state index in [1.54, 1.807) is 0 Å². The summed E-state index contributed by atoms with van der Waals surface area (Å²) < 4.78 is 76.6. The summed E-state index contributed by atoms with van der Waals surface area (Å²) in [5.41, 5.74) is 6.85. The van der Waals surface area contributed by atoms with Crippen molar-refractivity contribution < 1.29 is 56.8 Å². The van der Waals surface area contributed by atoms with E-state index < -0.39 is 72.4 Å². The van der Waals surface area contributed by atoms with Crippen molar-refractivity contribution in [2.24, 2.45) is 5.92 Å². The fourth-order valence-corrected chi connectivity index (χ4v) is 11.2. The van der Waals surface area contributed by atoms with Crippen LogP contribution in [-0.2, 0) is 81.9 Å². The summed E-state index contributed by atoms with van der Waals surface area (Å²) >= 11 is 0. The van der Waals surface area contributed by atoms with Gasteiger partial charge in [-0.2, -0.15) is 0 Å². The van der Waals surface area contributed by atoms with E-state index in [1.165, 1.54) is 16.7 Å². The fourth-order valence-electron chi connectivity index (χ4n) is 11.2. The first kappa shape index (κ1) is 49.9. The second-order valence-corrected chi connectivity index (χ2v) is 21.8. The molecule has 0 radical (unpaired) electrons. The van der Waals surface area contributed by atoms with Crippen LogP contribution >= 0.6 is 0 Å². The van der Waals surface area contributed by atoms with E-state index >= 15 is 0 Å². The molecule has 3 aromatic carbocycles. The Morgan fingerprint density at radius 1 is 0.618 bits per heavy atom. The number of fused-ring (bicyclic) bond motifs is 2. The molecular formula is C56H76O12. The molecule has 6 aliphatic rings. The van der Waals surface area contributed by atoms with Crippen LogP contribution in [0.25, 0.3) is 6.08 Å². The molecular weight excluding hydrogens is 865 g/mol. The topological polar surface area (TPSA) is 111 Å². The molecule has 0 aromatic heterocycles. The first-order chi connectivity index (χ1) is 32.3. The Morgan fingerprint density at radius 2 is 1.12 bits per heavy atom. The largest absolute Gasteiger partial charge is 0.368 e. The normalized spacial score (nSPS) is 32.6. The van der Waals surface area contributed by atoms with Gasteiger partial charge in [0.05, 0.1) is 26.4 Å². The van der Waals surface area contributed by atoms with E-state index in [2.05, 4.69) is 93.2 Å². The fraction of sp³-hybridized carbons (Fsp3) is 0.643. The van der Waals surface area contributed by atoms with Crippen LogP contribution in [0.15, 0.2) is 79.4 Å². The molecule has 372 valence electrons. The van der Waals surface area contributed by atoms with Crippen molar-refractivity contribution in [3.05, 3.63) is 113 Å². The molecule has 9 rings (SSSR count). The van der Waals surface area contributed by atoms with Crippen LogP contribution in [-0.4, -0.2) is 97.8 Å². The summed E-state index contributed by atoms with van der Waals surface area (Å²) in [4.78, 5) is 0. The Kier molecular flexibility index (Phi) is 14.6. The number of hydrogen-bond donors (Lipinski definition) is 0. The van der Waals surface area contributed by atoms with Crippen molar-refractivity contribution in [3.8, 4) is 0 Å². The molecule has 0 bridgehead atoms. The molecule has 1 unspecified atom stereocenters. The molecule has 0 amide bonds. The van der Waals surface area contributed by atoms with Gasteiger partial charge >= 0.3 is 0 Å². The second-order valence-electron chi connectivity index (χ2n) is 21.8. The maximum atomic E-state index is 6.89. The molecule has 6 aliphatic heterocycles. The highest BCUT2D eigenvalue weighted by molar-refractivity contribution is 5.47. The molecule has 0 aliphatic carbocycles. The second kappa shape index (κ2) is 19.8. The lowest BCUT2D eigenvalue weighted by atomic mass is 9.65. The van der Waals surface area contributed by atoms with Gasteiger partial charge < -0.3 is 56.8 Å². The van der Waals surface area contributed by atoms with Gasteiger partial charge in [-0.05, 0) is 120 Å². The summed E-state index contributed by atoms with van der Waals surface area (Å²) in [7, 11) is 0. The lowest BCUT2D eigenvalue weighted by Crippen LogP contribution is -2.44. The lowest BCUT2D eigenvalue weighted by molar-refractivity contribution is -0.236. The molecule has 6 saturated heterocycles. The van der Waals surface area contributed by atoms with E-state index in [-0.39, 0.29) is 17.6 Å². The number of benzene rings is 3. The summed E-state index contributed by atoms with van der Waals surface area (Å²) in [6, 6.07) is 26.8. The Hall–Kier alpha value is -3.08. The van der Waals surface area contributed by atoms with Gasteiger partial charge in [-0.1, -0.05) is 112 Å². The van der Waals surface area contributed by atoms with Crippen LogP contribution in [0.4, 0.5) is 0 Å². The monoisotopic (exact) mass is 941 g/mol. The summed E-state index contributed by atoms with van der Waals surface area (Å²) in [6.45, 7) is 25.5. The van der Waals surface area contributed by atoms with Crippen molar-refractivity contribution in [2.45, 2.75) is 211 Å². The zero-order valence-electron chi connectivity index (χ0n) is 42.0. The van der Waals surface area contributed by atoms with Crippen molar-refractivity contribution in [3.63, 3.8) is 0 Å². The Bertz CT molecular complexity index is 2070. The highest BCUT2D eigenvalue weighted by Gasteiger charge is 2.60. The van der Waals surface area contributed by atoms with Gasteiger partial charge in [-0.25, -0.2) is 0 Å². The van der Waals surface area contributed by atoms with E-state index in [0.29, 0.717) is 32.3 Å². The molecule has 3 aromatic rings. The van der Waals surface area contributed by atoms with E-state index in [4.69, 9.17) is 56.8 Å². The minimum atomic E-state index is -0.792. The van der Waals surface area contributed by atoms with E-state index in [9.17, 15) is 0 Å². The number of rotatable bonds is 19. The lowest BCUT2D eigenvalue weighted by Gasteiger charge is -2.38. The van der Waals surface area contributed by atoms with Gasteiger partial charge in [0.25, 0.3) is 0 Å². The van der Waals surface area contributed by atoms with Crippen LogP contribution in [0, 0.1) is 5.92 Å². The van der Waals surface area contributed by atoms with Crippen LogP contribution < -0.4 is 0 Å². The van der Waals surface area contributed by atoms with Crippen molar-refractivity contribution >= 4 is 6.08 Å². The number of hydrogen-bond acceptors (Lipinski definition) is 12. The van der Waals surface area contributed by atoms with Gasteiger partial charge in [0.1, 0.15) is 48.8 Å². The molecule has 0 N–H and O–H groups in total. The maximum Gasteiger partial charge on any atom is 0.190 e. The van der Waals surface area contributed by atoms with Crippen molar-refractivity contribution in [2.75, 3.05) is 13.2 Å². The SMILES string of the molecule is C=Cc1ccc(CCCCC(CC(C)CC)(c2cccc(CO[C@@H]3[C@H]4OC(C)(C)O[C@H]4O[C@@H]3[C@H]3COC(C)(C)O3)c2)c2cccc(CO[C@@H]3[C@H]4OC(C)(C)O[C@H]4O[C@@H]3[C@H]3COC(C)(C)O3)c2)cc1. The van der Waals surface area contributed by atoms with E-state index in [0.717, 1.165) is 55.2 Å². The summed E-state index contributed by atoms with van der Waals surface area (Å²) in [6.07, 6.45) is 3.71. The number of ether oxygens (including phenoxy) is 12. The minimum Gasteiger partial charge on any atom is -0.368 e. The predicted molar refractivity (Wildman–Crippen MR) is 256 cm³/mol. The molecule has 11 atom stereocenters. The van der Waals surface area contributed by atoms with Crippen LogP contribution in [0.2, 0.25) is 0 Å². The molecule has 0 spiro atoms. The van der Waals surface area contributed by atoms with Crippen molar-refractivity contribution in [1.29, 1.82) is 0 Å². The molecule has 12 heteroatoms. The van der Waals surface area contributed by atoms with Gasteiger partial charge in [0.15, 0.2) is 35.7 Å². The molecule has 12 nitrogen and oxygen atoms in total. The highest BCUT2D eigenvalue weighted by Crippen LogP contribution is 2.47. The summed E-state index contributed by atoms with van der Waals surface area (Å²) in [5, 5.41) is 0. The highest BCUT2D eigenvalue weighted by atomic mass is 16.9. The van der Waals surface area contributed by atoms with Crippen molar-refractivity contribution in [1.82, 2.24) is 0 Å². The average molecular weight is 941 g/mol. The Morgan fingerprint density at radius 3 is 1.56 bits per heavy atom. The van der Waals surface area contributed by atoms with Gasteiger partial charge in [0.2, 0.25) is 0 Å². The zero-order valence-corrected chi connectivity index (χ0v) is 42.0. The van der Waals surface area contributed by atoms with Gasteiger partial charge in [-0.3, -0.25) is 0 Å². The standard InChI is InChI=1S/C56H76O12/c1-12-35(3)30-56(27-15-14-18-37-25-23-36(13-2)24-26-37,40-21-16-19-38(28-40)31-57-46-44(42-33-59-52(4,5)63-42)61-50-48(46)65-54(8,9)67-50)41-22-17-20-39(29-41)32-58-47-45(43-34-60-53(6,7)64-43)62-51-49(47)66-55(10,11)68-51/h13,16-17,19-26,28-29,35,42-51H,2,12,14-15,18,27,30-34H2,1,3-11H3/t35?,42-,43-,44-,45-,46+,47+,48-,49-,50-,51-/m1/s1. The first-order valence-electron chi connectivity index (χ1n) is 25.1. The van der Waals surface area contributed by atoms with Crippen LogP contribution in [0.5, 0.6) is 0 Å². The van der Waals surface area contributed by atoms with Crippen LogP contribution in [0.3, 0.4) is 0 Å². The van der Waals surface area contributed by atoms with Crippen LogP contribution in [0.1, 0.15) is 135 Å². The quantitative estimate of drug-likeness (QED) is 0.107. The van der Waals surface area contributed by atoms with Gasteiger partial charge in [-0.15, -0.1) is 0 Å². The molecule has 68 heavy (non-hydrogen) atoms. The summed E-state index contributed by atoms with van der Waals surface area (Å²) in [5.74, 6) is -2.56. The first-order valence-corrected chi connectivity index (χ1v) is 25.1. The third-order valence-electron chi connectivity index (χ3n) is 14.6. The maximum absolute atomic E-state index is 6.89. The molecule has 0 saturated carbocycles. The predicted octanol–water partition coefficient (Wildman–Crippen LogP) is 10.3. The number of unbranched alkanes of at least 4 members (excludes halogenated alkanes) is 1. The third kappa shape index (κ3) is 11.0. The minimum absolute atomic E-state index is 0.317.